The Kier molecular flexibility index (Phi) is 5.66. The topological polar surface area (TPSA) is 88.3 Å². The van der Waals surface area contributed by atoms with Crippen molar-refractivity contribution in [2.75, 3.05) is 6.54 Å². The molecular formula is C24H23ClN4O3. The van der Waals surface area contributed by atoms with Crippen LogP contribution in [0.25, 0.3) is 11.4 Å². The summed E-state index contributed by atoms with van der Waals surface area (Å²) in [7, 11) is 0. The van der Waals surface area contributed by atoms with Gasteiger partial charge in [0, 0.05) is 29.1 Å². The van der Waals surface area contributed by atoms with Crippen LogP contribution in [0.15, 0.2) is 59.1 Å². The Balaban J connectivity index is 1.25. The summed E-state index contributed by atoms with van der Waals surface area (Å²) in [6.07, 6.45) is 2.68. The van der Waals surface area contributed by atoms with Crippen molar-refractivity contribution in [3.8, 4) is 11.4 Å². The van der Waals surface area contributed by atoms with E-state index in [9.17, 15) is 9.59 Å². The second-order valence-corrected chi connectivity index (χ2v) is 8.80. The number of halogens is 1. The van der Waals surface area contributed by atoms with Gasteiger partial charge in [-0.2, -0.15) is 4.98 Å². The highest BCUT2D eigenvalue weighted by atomic mass is 35.5. The summed E-state index contributed by atoms with van der Waals surface area (Å²) in [6.45, 7) is 0.383. The van der Waals surface area contributed by atoms with Crippen molar-refractivity contribution < 1.29 is 14.1 Å². The molecule has 5 rings (SSSR count). The van der Waals surface area contributed by atoms with Gasteiger partial charge in [0.25, 0.3) is 0 Å². The Bertz CT molecular complexity index is 1130. The Morgan fingerprint density at radius 3 is 2.75 bits per heavy atom. The second kappa shape index (κ2) is 8.74. The fraction of sp³-hybridized carbons (Fsp3) is 0.333. The third kappa shape index (κ3) is 4.12. The SMILES string of the molecule is O=C1NC2CC(c3nc(-c4cccc(Cl)c4)no3)CCC2C(=O)N1CCc1ccccc1. The molecule has 0 spiro atoms. The monoisotopic (exact) mass is 450 g/mol. The van der Waals surface area contributed by atoms with Crippen LogP contribution in [0.1, 0.15) is 36.6 Å². The molecule has 3 amide bonds. The highest BCUT2D eigenvalue weighted by molar-refractivity contribution is 6.30. The first-order valence-electron chi connectivity index (χ1n) is 10.8. The zero-order valence-electron chi connectivity index (χ0n) is 17.4. The molecule has 2 heterocycles. The Labute approximate surface area is 190 Å². The van der Waals surface area contributed by atoms with E-state index in [1.807, 2.05) is 42.5 Å². The third-order valence-corrected chi connectivity index (χ3v) is 6.56. The largest absolute Gasteiger partial charge is 0.339 e. The molecule has 3 unspecified atom stereocenters. The Hall–Kier alpha value is -3.19. The van der Waals surface area contributed by atoms with E-state index >= 15 is 0 Å². The van der Waals surface area contributed by atoms with E-state index in [4.69, 9.17) is 16.1 Å². The summed E-state index contributed by atoms with van der Waals surface area (Å²) in [5, 5.41) is 7.74. The van der Waals surface area contributed by atoms with Gasteiger partial charge in [0.2, 0.25) is 17.6 Å². The maximum absolute atomic E-state index is 13.1. The number of amides is 3. The fourth-order valence-electron chi connectivity index (χ4n) is 4.63. The molecule has 2 fully saturated rings. The van der Waals surface area contributed by atoms with Crippen LogP contribution in [0.3, 0.4) is 0 Å². The average Bonchev–Trinajstić information content (AvgIpc) is 3.30. The lowest BCUT2D eigenvalue weighted by Gasteiger charge is -2.41. The number of imide groups is 1. The van der Waals surface area contributed by atoms with Crippen molar-refractivity contribution in [2.45, 2.75) is 37.6 Å². The van der Waals surface area contributed by atoms with Crippen molar-refractivity contribution in [1.82, 2.24) is 20.4 Å². The number of fused-ring (bicyclic) bond motifs is 1. The van der Waals surface area contributed by atoms with E-state index in [0.717, 1.165) is 17.5 Å². The number of aromatic nitrogens is 2. The molecule has 0 bridgehead atoms. The third-order valence-electron chi connectivity index (χ3n) is 6.33. The minimum Gasteiger partial charge on any atom is -0.339 e. The molecule has 1 N–H and O–H groups in total. The maximum Gasteiger partial charge on any atom is 0.324 e. The Morgan fingerprint density at radius 2 is 1.94 bits per heavy atom. The van der Waals surface area contributed by atoms with E-state index in [-0.39, 0.29) is 29.8 Å². The van der Waals surface area contributed by atoms with Crippen LogP contribution >= 0.6 is 11.6 Å². The smallest absolute Gasteiger partial charge is 0.324 e. The lowest BCUT2D eigenvalue weighted by Crippen LogP contribution is -2.61. The van der Waals surface area contributed by atoms with E-state index < -0.39 is 0 Å². The van der Waals surface area contributed by atoms with Gasteiger partial charge in [-0.25, -0.2) is 4.79 Å². The molecule has 2 aromatic carbocycles. The van der Waals surface area contributed by atoms with Crippen LogP contribution < -0.4 is 5.32 Å². The van der Waals surface area contributed by atoms with Crippen LogP contribution in [0.5, 0.6) is 0 Å². The first-order chi connectivity index (χ1) is 15.6. The maximum atomic E-state index is 13.1. The van der Waals surface area contributed by atoms with Gasteiger partial charge >= 0.3 is 6.03 Å². The summed E-state index contributed by atoms with van der Waals surface area (Å²) in [4.78, 5) is 31.6. The van der Waals surface area contributed by atoms with Gasteiger partial charge < -0.3 is 9.84 Å². The van der Waals surface area contributed by atoms with E-state index in [1.165, 1.54) is 4.90 Å². The molecule has 2 aliphatic rings. The molecule has 8 heteroatoms. The lowest BCUT2D eigenvalue weighted by atomic mass is 9.76. The molecule has 3 aromatic rings. The van der Waals surface area contributed by atoms with Crippen molar-refractivity contribution in [1.29, 1.82) is 0 Å². The van der Waals surface area contributed by atoms with E-state index in [1.54, 1.807) is 12.1 Å². The number of hydrogen-bond acceptors (Lipinski definition) is 5. The standard InChI is InChI=1S/C24H23ClN4O3/c25-18-8-4-7-16(13-18)21-27-22(32-28-21)17-9-10-19-20(14-17)26-24(31)29(23(19)30)12-11-15-5-2-1-3-6-15/h1-8,13,17,19-20H,9-12,14H2,(H,26,31). The number of carbonyl (C=O) groups excluding carboxylic acids is 2. The summed E-state index contributed by atoms with van der Waals surface area (Å²) in [5.41, 5.74) is 1.89. The summed E-state index contributed by atoms with van der Waals surface area (Å²) >= 11 is 6.06. The van der Waals surface area contributed by atoms with Crippen molar-refractivity contribution in [3.63, 3.8) is 0 Å². The van der Waals surface area contributed by atoms with Gasteiger partial charge in [0.05, 0.1) is 5.92 Å². The first-order valence-corrected chi connectivity index (χ1v) is 11.2. The van der Waals surface area contributed by atoms with E-state index in [2.05, 4.69) is 15.5 Å². The number of benzene rings is 2. The average molecular weight is 451 g/mol. The molecule has 1 aromatic heterocycles. The number of nitrogens with zero attached hydrogens (tertiary/aromatic N) is 3. The van der Waals surface area contributed by atoms with Crippen molar-refractivity contribution in [2.24, 2.45) is 5.92 Å². The molecule has 3 atom stereocenters. The lowest BCUT2D eigenvalue weighted by molar-refractivity contribution is -0.136. The number of nitrogens with one attached hydrogen (secondary N) is 1. The van der Waals surface area contributed by atoms with Crippen LogP contribution in [-0.4, -0.2) is 39.6 Å². The molecule has 1 saturated carbocycles. The number of urea groups is 1. The van der Waals surface area contributed by atoms with Crippen molar-refractivity contribution >= 4 is 23.5 Å². The highest BCUT2D eigenvalue weighted by Gasteiger charge is 2.45. The molecule has 164 valence electrons. The van der Waals surface area contributed by atoms with Crippen LogP contribution in [0.4, 0.5) is 4.79 Å². The van der Waals surface area contributed by atoms with Gasteiger partial charge in [-0.1, -0.05) is 59.2 Å². The molecule has 32 heavy (non-hydrogen) atoms. The van der Waals surface area contributed by atoms with Gasteiger partial charge in [-0.3, -0.25) is 9.69 Å². The van der Waals surface area contributed by atoms with E-state index in [0.29, 0.717) is 42.5 Å². The fourth-order valence-corrected chi connectivity index (χ4v) is 4.82. The minimum absolute atomic E-state index is 0.000605. The molecule has 0 radical (unpaired) electrons. The van der Waals surface area contributed by atoms with Gasteiger partial charge in [-0.05, 0) is 43.4 Å². The predicted octanol–water partition coefficient (Wildman–Crippen LogP) is 4.44. The number of carbonyl (C=O) groups is 2. The van der Waals surface area contributed by atoms with Crippen LogP contribution in [0.2, 0.25) is 5.02 Å². The van der Waals surface area contributed by atoms with Gasteiger partial charge in [0.1, 0.15) is 0 Å². The summed E-state index contributed by atoms with van der Waals surface area (Å²) in [6, 6.07) is 16.6. The quantitative estimate of drug-likeness (QED) is 0.620. The molecule has 1 saturated heterocycles. The number of rotatable bonds is 5. The highest BCUT2D eigenvalue weighted by Crippen LogP contribution is 2.38. The molecular weight excluding hydrogens is 428 g/mol. The zero-order chi connectivity index (χ0) is 22.1. The molecule has 1 aliphatic heterocycles. The zero-order valence-corrected chi connectivity index (χ0v) is 18.2. The van der Waals surface area contributed by atoms with Gasteiger partial charge in [0.15, 0.2) is 0 Å². The summed E-state index contributed by atoms with van der Waals surface area (Å²) < 4.78 is 5.53. The minimum atomic E-state index is -0.321. The first kappa shape index (κ1) is 20.7. The van der Waals surface area contributed by atoms with Crippen LogP contribution in [-0.2, 0) is 11.2 Å². The second-order valence-electron chi connectivity index (χ2n) is 8.36. The molecule has 1 aliphatic carbocycles. The number of hydrogen-bond donors (Lipinski definition) is 1. The van der Waals surface area contributed by atoms with Crippen molar-refractivity contribution in [3.05, 3.63) is 71.1 Å². The van der Waals surface area contributed by atoms with Crippen LogP contribution in [0, 0.1) is 5.92 Å². The normalized spacial score (nSPS) is 23.0. The van der Waals surface area contributed by atoms with Gasteiger partial charge in [-0.15, -0.1) is 0 Å². The molecule has 7 nitrogen and oxygen atoms in total. The summed E-state index contributed by atoms with van der Waals surface area (Å²) in [5.74, 6) is 0.723. The Morgan fingerprint density at radius 1 is 1.09 bits per heavy atom. The predicted molar refractivity (Wildman–Crippen MR) is 119 cm³/mol.